The quantitative estimate of drug-likeness (QED) is 0.522. The van der Waals surface area contributed by atoms with Crippen LogP contribution in [-0.2, 0) is 0 Å². The fourth-order valence-corrected chi connectivity index (χ4v) is 9.31. The van der Waals surface area contributed by atoms with Crippen LogP contribution in [0.1, 0.15) is 106 Å². The third-order valence-corrected chi connectivity index (χ3v) is 11.7. The molecule has 0 heterocycles. The number of aliphatic hydroxyl groups is 2. The lowest BCUT2D eigenvalue weighted by atomic mass is 9.44. The fourth-order valence-electron chi connectivity index (χ4n) is 9.31. The Bertz CT molecular complexity index is 601. The normalized spacial score (nSPS) is 50.5. The van der Waals surface area contributed by atoms with Gasteiger partial charge in [-0.25, -0.2) is 0 Å². The lowest BCUT2D eigenvalue weighted by Gasteiger charge is -2.61. The Morgan fingerprint density at radius 2 is 1.50 bits per heavy atom. The van der Waals surface area contributed by atoms with Gasteiger partial charge in [-0.15, -0.1) is 0 Å². The van der Waals surface area contributed by atoms with Crippen LogP contribution < -0.4 is 0 Å². The third-order valence-electron chi connectivity index (χ3n) is 11.7. The number of aliphatic hydroxyl groups excluding tert-OH is 2. The summed E-state index contributed by atoms with van der Waals surface area (Å²) in [4.78, 5) is 0. The monoisotopic (exact) mass is 418 g/mol. The fraction of sp³-hybridized carbons (Fsp3) is 1.00. The van der Waals surface area contributed by atoms with Crippen molar-refractivity contribution in [2.75, 3.05) is 0 Å². The molecule has 30 heavy (non-hydrogen) atoms. The first-order chi connectivity index (χ1) is 14.1. The van der Waals surface area contributed by atoms with Crippen LogP contribution in [0.3, 0.4) is 0 Å². The molecule has 0 amide bonds. The second kappa shape index (κ2) is 8.36. The Kier molecular flexibility index (Phi) is 6.44. The van der Waals surface area contributed by atoms with Crippen molar-refractivity contribution in [2.45, 2.75) is 118 Å². The van der Waals surface area contributed by atoms with Crippen LogP contribution in [0.5, 0.6) is 0 Å². The molecule has 4 rings (SSSR count). The van der Waals surface area contributed by atoms with Gasteiger partial charge in [0.25, 0.3) is 0 Å². The molecular weight excluding hydrogens is 368 g/mol. The molecule has 0 radical (unpaired) electrons. The van der Waals surface area contributed by atoms with Gasteiger partial charge in [0, 0.05) is 0 Å². The van der Waals surface area contributed by atoms with Crippen LogP contribution in [0.4, 0.5) is 0 Å². The molecule has 0 aromatic carbocycles. The highest BCUT2D eigenvalue weighted by atomic mass is 16.3. The lowest BCUT2D eigenvalue weighted by molar-refractivity contribution is -0.160. The van der Waals surface area contributed by atoms with E-state index >= 15 is 0 Å². The van der Waals surface area contributed by atoms with E-state index in [2.05, 4.69) is 41.5 Å². The highest BCUT2D eigenvalue weighted by Crippen LogP contribution is 2.68. The summed E-state index contributed by atoms with van der Waals surface area (Å²) in [5.41, 5.74) is 0.789. The zero-order chi connectivity index (χ0) is 21.8. The molecule has 2 heteroatoms. The van der Waals surface area contributed by atoms with Crippen LogP contribution in [0.2, 0.25) is 0 Å². The number of rotatable bonds is 5. The van der Waals surface area contributed by atoms with Crippen molar-refractivity contribution in [1.82, 2.24) is 0 Å². The van der Waals surface area contributed by atoms with E-state index in [1.807, 2.05) is 0 Å². The van der Waals surface area contributed by atoms with E-state index in [0.29, 0.717) is 11.3 Å². The second-order valence-electron chi connectivity index (χ2n) is 13.2. The number of hydrogen-bond donors (Lipinski definition) is 2. The van der Waals surface area contributed by atoms with Crippen molar-refractivity contribution >= 4 is 0 Å². The molecule has 0 aliphatic heterocycles. The Balaban J connectivity index is 1.47. The van der Waals surface area contributed by atoms with Crippen molar-refractivity contribution in [2.24, 2.45) is 58.2 Å². The van der Waals surface area contributed by atoms with Crippen LogP contribution in [-0.4, -0.2) is 22.4 Å². The molecule has 0 unspecified atom stereocenters. The van der Waals surface area contributed by atoms with Gasteiger partial charge in [-0.3, -0.25) is 0 Å². The highest BCUT2D eigenvalue weighted by Gasteiger charge is 2.61. The molecular formula is C28H50O2. The summed E-state index contributed by atoms with van der Waals surface area (Å²) in [7, 11) is 0. The molecule has 4 aliphatic rings. The van der Waals surface area contributed by atoms with E-state index in [0.717, 1.165) is 54.3 Å². The molecule has 4 saturated carbocycles. The van der Waals surface area contributed by atoms with Crippen LogP contribution in [0.15, 0.2) is 0 Å². The molecule has 4 fully saturated rings. The van der Waals surface area contributed by atoms with E-state index in [9.17, 15) is 10.2 Å². The maximum Gasteiger partial charge on any atom is 0.0804 e. The van der Waals surface area contributed by atoms with Crippen LogP contribution in [0, 0.1) is 58.2 Å². The molecule has 11 atom stereocenters. The Morgan fingerprint density at radius 3 is 2.20 bits per heavy atom. The summed E-state index contributed by atoms with van der Waals surface area (Å²) in [6.45, 7) is 14.9. The molecule has 0 bridgehead atoms. The first-order valence-corrected chi connectivity index (χ1v) is 13.4. The van der Waals surface area contributed by atoms with Crippen LogP contribution in [0.25, 0.3) is 0 Å². The number of fused-ring (bicyclic) bond motifs is 5. The van der Waals surface area contributed by atoms with E-state index in [1.54, 1.807) is 0 Å². The average Bonchev–Trinajstić information content (AvgIpc) is 3.04. The highest BCUT2D eigenvalue weighted by molar-refractivity contribution is 5.10. The minimum atomic E-state index is -0.502. The lowest BCUT2D eigenvalue weighted by Crippen LogP contribution is -2.56. The zero-order valence-electron chi connectivity index (χ0n) is 20.7. The van der Waals surface area contributed by atoms with Gasteiger partial charge in [0.1, 0.15) is 0 Å². The van der Waals surface area contributed by atoms with Crippen LogP contribution >= 0.6 is 0 Å². The Labute approximate surface area is 186 Å². The largest absolute Gasteiger partial charge is 0.390 e. The predicted molar refractivity (Wildman–Crippen MR) is 125 cm³/mol. The van der Waals surface area contributed by atoms with Crippen molar-refractivity contribution in [3.05, 3.63) is 0 Å². The van der Waals surface area contributed by atoms with Gasteiger partial charge in [0.05, 0.1) is 12.2 Å². The van der Waals surface area contributed by atoms with Crippen molar-refractivity contribution < 1.29 is 10.2 Å². The first-order valence-electron chi connectivity index (χ1n) is 13.4. The minimum absolute atomic E-state index is 0.249. The topological polar surface area (TPSA) is 40.5 Å². The number of hydrogen-bond acceptors (Lipinski definition) is 2. The third kappa shape index (κ3) is 3.70. The Morgan fingerprint density at radius 1 is 0.800 bits per heavy atom. The first kappa shape index (κ1) is 23.1. The van der Waals surface area contributed by atoms with Gasteiger partial charge < -0.3 is 10.2 Å². The molecule has 0 spiro atoms. The standard InChI is InChI=1S/C28H50O2/c1-17(2)18(3)7-8-19(4)22-11-12-23-21-10-9-20-15-25(29)26(30)16-28(20,6)24(21)13-14-27(22,23)5/h17-26,29-30H,7-16H2,1-6H3/t18-,19+,20+,21-,22-,23+,24+,25-,26+,27+,28+/m0/s1. The van der Waals surface area contributed by atoms with Gasteiger partial charge >= 0.3 is 0 Å². The predicted octanol–water partition coefficient (Wildman–Crippen LogP) is 6.69. The molecule has 0 aromatic heterocycles. The average molecular weight is 419 g/mol. The summed E-state index contributed by atoms with van der Waals surface area (Å²) >= 11 is 0. The van der Waals surface area contributed by atoms with Gasteiger partial charge in [-0.05, 0) is 110 Å². The summed E-state index contributed by atoms with van der Waals surface area (Å²) in [5.74, 6) is 6.56. The second-order valence-corrected chi connectivity index (χ2v) is 13.2. The molecule has 0 saturated heterocycles. The van der Waals surface area contributed by atoms with Gasteiger partial charge in [0.15, 0.2) is 0 Å². The van der Waals surface area contributed by atoms with Crippen molar-refractivity contribution in [3.63, 3.8) is 0 Å². The maximum atomic E-state index is 10.5. The minimum Gasteiger partial charge on any atom is -0.390 e. The van der Waals surface area contributed by atoms with Crippen molar-refractivity contribution in [3.8, 4) is 0 Å². The molecule has 4 aliphatic carbocycles. The molecule has 0 aromatic rings. The maximum absolute atomic E-state index is 10.5. The summed E-state index contributed by atoms with van der Waals surface area (Å²) in [5, 5.41) is 20.8. The Hall–Kier alpha value is -0.0800. The summed E-state index contributed by atoms with van der Waals surface area (Å²) in [6, 6.07) is 0. The van der Waals surface area contributed by atoms with Gasteiger partial charge in [-0.1, -0.05) is 54.4 Å². The molecule has 2 N–H and O–H groups in total. The molecule has 174 valence electrons. The smallest absolute Gasteiger partial charge is 0.0804 e. The van der Waals surface area contributed by atoms with E-state index in [-0.39, 0.29) is 5.41 Å². The summed E-state index contributed by atoms with van der Waals surface area (Å²) in [6.07, 6.45) is 11.8. The summed E-state index contributed by atoms with van der Waals surface area (Å²) < 4.78 is 0. The zero-order valence-corrected chi connectivity index (χ0v) is 20.7. The van der Waals surface area contributed by atoms with Crippen molar-refractivity contribution in [1.29, 1.82) is 0 Å². The van der Waals surface area contributed by atoms with Gasteiger partial charge in [0.2, 0.25) is 0 Å². The van der Waals surface area contributed by atoms with E-state index in [1.165, 1.54) is 51.4 Å². The van der Waals surface area contributed by atoms with Gasteiger partial charge in [-0.2, -0.15) is 0 Å². The SMILES string of the molecule is CC(C)[C@@H](C)CC[C@@H](C)[C@@H]1CC[C@@H]2[C@@H]3CC[C@@H]4C[C@H](O)[C@H](O)C[C@@]4(C)[C@@H]3CC[C@@]21C. The van der Waals surface area contributed by atoms with E-state index in [4.69, 9.17) is 0 Å². The molecule has 2 nitrogen and oxygen atoms in total. The van der Waals surface area contributed by atoms with E-state index < -0.39 is 12.2 Å².